The molecular formula is C22H30N4O2. The zero-order valence-corrected chi connectivity index (χ0v) is 16.4. The Morgan fingerprint density at radius 1 is 1.29 bits per heavy atom. The van der Waals surface area contributed by atoms with Crippen molar-refractivity contribution in [2.24, 2.45) is 0 Å². The van der Waals surface area contributed by atoms with Crippen molar-refractivity contribution in [2.75, 3.05) is 30.7 Å². The van der Waals surface area contributed by atoms with Crippen molar-refractivity contribution in [3.63, 3.8) is 0 Å². The first-order valence-corrected chi connectivity index (χ1v) is 10.0. The summed E-state index contributed by atoms with van der Waals surface area (Å²) in [6, 6.07) is 11.9. The van der Waals surface area contributed by atoms with Crippen LogP contribution in [0.2, 0.25) is 0 Å². The maximum atomic E-state index is 11.8. The second kappa shape index (κ2) is 9.06. The van der Waals surface area contributed by atoms with Gasteiger partial charge < -0.3 is 21.5 Å². The molecule has 0 bridgehead atoms. The summed E-state index contributed by atoms with van der Waals surface area (Å²) in [6.07, 6.45) is 5.14. The van der Waals surface area contributed by atoms with Gasteiger partial charge in [-0.3, -0.25) is 4.79 Å². The topological polar surface area (TPSA) is 100 Å². The average molecular weight is 383 g/mol. The normalized spacial score (nSPS) is 16.2. The molecule has 1 aromatic carbocycles. The summed E-state index contributed by atoms with van der Waals surface area (Å²) in [6.45, 7) is 4.76. The molecule has 0 aliphatic heterocycles. The lowest BCUT2D eigenvalue weighted by Crippen LogP contribution is -2.42. The minimum Gasteiger partial charge on any atom is -0.481 e. The van der Waals surface area contributed by atoms with Gasteiger partial charge in [0.2, 0.25) is 0 Å². The molecule has 0 saturated heterocycles. The Kier molecular flexibility index (Phi) is 6.52. The SMILES string of the molecule is CC(CNCCCNc1cccnc1N)c1cccc(C2(C(=O)O)CCC2)c1. The van der Waals surface area contributed by atoms with Gasteiger partial charge in [0.05, 0.1) is 11.1 Å². The Morgan fingerprint density at radius 2 is 2.11 bits per heavy atom. The van der Waals surface area contributed by atoms with Gasteiger partial charge in [0.1, 0.15) is 5.82 Å². The highest BCUT2D eigenvalue weighted by Crippen LogP contribution is 2.44. The zero-order chi connectivity index (χ0) is 20.0. The van der Waals surface area contributed by atoms with Crippen molar-refractivity contribution in [2.45, 2.75) is 43.9 Å². The summed E-state index contributed by atoms with van der Waals surface area (Å²) in [5.41, 5.74) is 8.17. The molecule has 1 aliphatic rings. The number of carboxylic acids is 1. The van der Waals surface area contributed by atoms with Crippen LogP contribution in [0.4, 0.5) is 11.5 Å². The third-order valence-electron chi connectivity index (χ3n) is 5.76. The van der Waals surface area contributed by atoms with E-state index in [1.807, 2.05) is 24.3 Å². The van der Waals surface area contributed by atoms with Gasteiger partial charge >= 0.3 is 5.97 Å². The third-order valence-corrected chi connectivity index (χ3v) is 5.76. The quantitative estimate of drug-likeness (QED) is 0.470. The van der Waals surface area contributed by atoms with Crippen LogP contribution < -0.4 is 16.4 Å². The fourth-order valence-corrected chi connectivity index (χ4v) is 3.74. The van der Waals surface area contributed by atoms with Crippen LogP contribution in [0.5, 0.6) is 0 Å². The number of aromatic nitrogens is 1. The fraction of sp³-hybridized carbons (Fsp3) is 0.455. The third kappa shape index (κ3) is 4.44. The summed E-state index contributed by atoms with van der Waals surface area (Å²) < 4.78 is 0. The van der Waals surface area contributed by atoms with E-state index in [-0.39, 0.29) is 0 Å². The second-order valence-corrected chi connectivity index (χ2v) is 7.69. The first kappa shape index (κ1) is 20.1. The maximum Gasteiger partial charge on any atom is 0.314 e. The van der Waals surface area contributed by atoms with Crippen LogP contribution >= 0.6 is 0 Å². The largest absolute Gasteiger partial charge is 0.481 e. The number of nitrogens with one attached hydrogen (secondary N) is 2. The van der Waals surface area contributed by atoms with E-state index < -0.39 is 11.4 Å². The average Bonchev–Trinajstić information content (AvgIpc) is 2.65. The van der Waals surface area contributed by atoms with E-state index in [1.165, 1.54) is 5.56 Å². The first-order valence-electron chi connectivity index (χ1n) is 10.0. The van der Waals surface area contributed by atoms with Gasteiger partial charge in [-0.1, -0.05) is 37.6 Å². The smallest absolute Gasteiger partial charge is 0.314 e. The molecule has 1 fully saturated rings. The number of nitrogen functional groups attached to an aromatic ring is 1. The van der Waals surface area contributed by atoms with Crippen LogP contribution in [0.1, 0.15) is 49.7 Å². The maximum absolute atomic E-state index is 11.8. The Bertz CT molecular complexity index is 805. The molecule has 150 valence electrons. The molecule has 1 aliphatic carbocycles. The number of benzene rings is 1. The summed E-state index contributed by atoms with van der Waals surface area (Å²) >= 11 is 0. The summed E-state index contributed by atoms with van der Waals surface area (Å²) in [5, 5.41) is 16.4. The molecule has 6 heteroatoms. The number of hydrogen-bond donors (Lipinski definition) is 4. The molecule has 1 atom stereocenters. The predicted octanol–water partition coefficient (Wildman–Crippen LogP) is 3.37. The highest BCUT2D eigenvalue weighted by Gasteiger charge is 2.45. The summed E-state index contributed by atoms with van der Waals surface area (Å²) in [4.78, 5) is 15.8. The van der Waals surface area contributed by atoms with Crippen molar-refractivity contribution in [1.29, 1.82) is 0 Å². The number of nitrogens with two attached hydrogens (primary N) is 1. The molecule has 5 N–H and O–H groups in total. The second-order valence-electron chi connectivity index (χ2n) is 7.69. The van der Waals surface area contributed by atoms with Crippen LogP contribution in [-0.4, -0.2) is 35.7 Å². The highest BCUT2D eigenvalue weighted by molar-refractivity contribution is 5.82. The van der Waals surface area contributed by atoms with E-state index in [0.29, 0.717) is 11.7 Å². The lowest BCUT2D eigenvalue weighted by molar-refractivity contribution is -0.147. The Hall–Kier alpha value is -2.60. The van der Waals surface area contributed by atoms with Crippen LogP contribution in [0.3, 0.4) is 0 Å². The standard InChI is InChI=1S/C22H30N4O2/c1-16(15-24-11-5-13-25-19-8-3-12-26-20(19)23)17-6-2-7-18(14-17)22(21(27)28)9-4-10-22/h2-3,6-8,12,14,16,24-25H,4-5,9-11,13,15H2,1H3,(H2,23,26)(H,27,28). The van der Waals surface area contributed by atoms with Crippen molar-refractivity contribution < 1.29 is 9.90 Å². The number of anilines is 2. The lowest BCUT2D eigenvalue weighted by atomic mass is 9.64. The number of aliphatic carboxylic acids is 1. The van der Waals surface area contributed by atoms with Gasteiger partial charge in [-0.05, 0) is 55.0 Å². The van der Waals surface area contributed by atoms with Gasteiger partial charge in [0, 0.05) is 19.3 Å². The molecule has 1 unspecified atom stereocenters. The minimum absolute atomic E-state index is 0.327. The van der Waals surface area contributed by atoms with Gasteiger partial charge in [0.25, 0.3) is 0 Å². The lowest BCUT2D eigenvalue weighted by Gasteiger charge is -2.38. The number of hydrogen-bond acceptors (Lipinski definition) is 5. The molecule has 0 amide bonds. The molecule has 3 rings (SSSR count). The van der Waals surface area contributed by atoms with E-state index in [9.17, 15) is 9.90 Å². The summed E-state index contributed by atoms with van der Waals surface area (Å²) in [7, 11) is 0. The molecule has 1 saturated carbocycles. The number of pyridine rings is 1. The van der Waals surface area contributed by atoms with Gasteiger partial charge in [0.15, 0.2) is 0 Å². The summed E-state index contributed by atoms with van der Waals surface area (Å²) in [5.74, 6) is 0.158. The van der Waals surface area contributed by atoms with Gasteiger partial charge in [-0.25, -0.2) is 4.98 Å². The number of carboxylic acid groups (broad SMARTS) is 1. The van der Waals surface area contributed by atoms with E-state index >= 15 is 0 Å². The van der Waals surface area contributed by atoms with Crippen LogP contribution in [0.15, 0.2) is 42.6 Å². The molecule has 28 heavy (non-hydrogen) atoms. The van der Waals surface area contributed by atoms with E-state index in [1.54, 1.807) is 6.20 Å². The van der Waals surface area contributed by atoms with E-state index in [0.717, 1.165) is 56.6 Å². The Balaban J connectivity index is 1.44. The number of rotatable bonds is 10. The van der Waals surface area contributed by atoms with Crippen molar-refractivity contribution in [3.8, 4) is 0 Å². The highest BCUT2D eigenvalue weighted by atomic mass is 16.4. The molecule has 0 spiro atoms. The number of carbonyl (C=O) groups is 1. The molecule has 0 radical (unpaired) electrons. The first-order chi connectivity index (χ1) is 13.5. The molecule has 1 heterocycles. The van der Waals surface area contributed by atoms with E-state index in [2.05, 4.69) is 34.7 Å². The monoisotopic (exact) mass is 382 g/mol. The fourth-order valence-electron chi connectivity index (χ4n) is 3.74. The van der Waals surface area contributed by atoms with Gasteiger partial charge in [-0.15, -0.1) is 0 Å². The Morgan fingerprint density at radius 3 is 2.79 bits per heavy atom. The van der Waals surface area contributed by atoms with Gasteiger partial charge in [-0.2, -0.15) is 0 Å². The molecule has 6 nitrogen and oxygen atoms in total. The molecule has 1 aromatic heterocycles. The van der Waals surface area contributed by atoms with Crippen LogP contribution in [0.25, 0.3) is 0 Å². The Labute approximate surface area is 166 Å². The van der Waals surface area contributed by atoms with Crippen LogP contribution in [0, 0.1) is 0 Å². The molecular weight excluding hydrogens is 352 g/mol. The van der Waals surface area contributed by atoms with E-state index in [4.69, 9.17) is 5.73 Å². The van der Waals surface area contributed by atoms with Crippen molar-refractivity contribution in [1.82, 2.24) is 10.3 Å². The van der Waals surface area contributed by atoms with Crippen molar-refractivity contribution >= 4 is 17.5 Å². The minimum atomic E-state index is -0.691. The van der Waals surface area contributed by atoms with Crippen molar-refractivity contribution in [3.05, 3.63) is 53.7 Å². The molecule has 2 aromatic rings. The zero-order valence-electron chi connectivity index (χ0n) is 16.4. The number of nitrogens with zero attached hydrogens (tertiary/aromatic N) is 1. The van der Waals surface area contributed by atoms with Crippen LogP contribution in [-0.2, 0) is 10.2 Å². The predicted molar refractivity (Wildman–Crippen MR) is 113 cm³/mol.